The summed E-state index contributed by atoms with van der Waals surface area (Å²) >= 11 is 1.16. The summed E-state index contributed by atoms with van der Waals surface area (Å²) in [5, 5.41) is 0.483. The summed E-state index contributed by atoms with van der Waals surface area (Å²) in [6.45, 7) is 0. The van der Waals surface area contributed by atoms with Gasteiger partial charge in [0, 0.05) is 17.3 Å². The van der Waals surface area contributed by atoms with Crippen LogP contribution in [0.2, 0.25) is 0 Å². The first-order chi connectivity index (χ1) is 7.81. The molecular weight excluding hydrogens is 227 g/mol. The molecule has 0 aliphatic heterocycles. The largest absolute Gasteiger partial charge is 0.298 e. The molecule has 80 valence electrons. The molecule has 1 heterocycles. The lowest BCUT2D eigenvalue weighted by Crippen LogP contribution is -1.92. The van der Waals surface area contributed by atoms with E-state index in [4.69, 9.17) is 0 Å². The van der Waals surface area contributed by atoms with Crippen LogP contribution < -0.4 is 0 Å². The zero-order valence-electron chi connectivity index (χ0n) is 8.13. The molecule has 0 aliphatic carbocycles. The molecule has 2 rings (SSSR count). The third kappa shape index (κ3) is 2.25. The van der Waals surface area contributed by atoms with E-state index >= 15 is 0 Å². The minimum atomic E-state index is -0.532. The summed E-state index contributed by atoms with van der Waals surface area (Å²) in [5.74, 6) is -0.532. The first-order valence-electron chi connectivity index (χ1n) is 4.50. The number of aldehydes is 1. The Kier molecular flexibility index (Phi) is 3.26. The maximum absolute atomic E-state index is 13.3. The number of halogens is 1. The van der Waals surface area contributed by atoms with Crippen molar-refractivity contribution in [3.05, 3.63) is 48.0 Å². The highest BCUT2D eigenvalue weighted by Gasteiger charge is 2.09. The maximum atomic E-state index is 13.3. The second-order valence-corrected chi connectivity index (χ2v) is 3.91. The van der Waals surface area contributed by atoms with Crippen molar-refractivity contribution in [1.29, 1.82) is 0 Å². The Labute approximate surface area is 95.7 Å². The van der Waals surface area contributed by atoms with Gasteiger partial charge in [-0.15, -0.1) is 0 Å². The number of benzene rings is 1. The van der Waals surface area contributed by atoms with E-state index in [1.807, 2.05) is 0 Å². The van der Waals surface area contributed by atoms with Gasteiger partial charge in [-0.2, -0.15) is 0 Å². The lowest BCUT2D eigenvalue weighted by Gasteiger charge is -2.03. The zero-order valence-corrected chi connectivity index (χ0v) is 8.95. The topological polar surface area (TPSA) is 42.9 Å². The lowest BCUT2D eigenvalue weighted by atomic mass is 10.2. The van der Waals surface area contributed by atoms with E-state index in [-0.39, 0.29) is 5.56 Å². The van der Waals surface area contributed by atoms with Gasteiger partial charge in [0.15, 0.2) is 11.4 Å². The fourth-order valence-corrected chi connectivity index (χ4v) is 1.98. The second-order valence-electron chi connectivity index (χ2n) is 2.90. The SMILES string of the molecule is O=Cc1c(F)cccc1Sc1ncccn1. The van der Waals surface area contributed by atoms with E-state index in [1.54, 1.807) is 30.6 Å². The number of nitrogens with zero attached hydrogens (tertiary/aromatic N) is 2. The number of carbonyl (C=O) groups is 1. The van der Waals surface area contributed by atoms with Crippen LogP contribution in [0.4, 0.5) is 4.39 Å². The molecule has 1 aromatic heterocycles. The van der Waals surface area contributed by atoms with Crippen LogP contribution in [-0.4, -0.2) is 16.3 Å². The van der Waals surface area contributed by atoms with Crippen molar-refractivity contribution in [2.75, 3.05) is 0 Å². The van der Waals surface area contributed by atoms with Crippen molar-refractivity contribution in [1.82, 2.24) is 9.97 Å². The first kappa shape index (κ1) is 10.8. The molecule has 0 N–H and O–H groups in total. The molecule has 0 fully saturated rings. The van der Waals surface area contributed by atoms with Crippen LogP contribution in [0, 0.1) is 5.82 Å². The third-order valence-electron chi connectivity index (χ3n) is 1.87. The van der Waals surface area contributed by atoms with E-state index in [1.165, 1.54) is 6.07 Å². The van der Waals surface area contributed by atoms with Crippen molar-refractivity contribution >= 4 is 18.0 Å². The maximum Gasteiger partial charge on any atom is 0.192 e. The van der Waals surface area contributed by atoms with Crippen LogP contribution in [-0.2, 0) is 0 Å². The van der Waals surface area contributed by atoms with E-state index < -0.39 is 5.82 Å². The molecule has 0 atom stereocenters. The van der Waals surface area contributed by atoms with Gasteiger partial charge in [-0.05, 0) is 30.0 Å². The molecule has 2 aromatic rings. The van der Waals surface area contributed by atoms with E-state index in [2.05, 4.69) is 9.97 Å². The minimum absolute atomic E-state index is 0.0416. The summed E-state index contributed by atoms with van der Waals surface area (Å²) in [6.07, 6.45) is 3.69. The van der Waals surface area contributed by atoms with Crippen molar-refractivity contribution < 1.29 is 9.18 Å². The quantitative estimate of drug-likeness (QED) is 0.604. The molecule has 0 radical (unpaired) electrons. The van der Waals surface area contributed by atoms with E-state index in [9.17, 15) is 9.18 Å². The first-order valence-corrected chi connectivity index (χ1v) is 5.31. The molecule has 3 nitrogen and oxygen atoms in total. The number of carbonyl (C=O) groups excluding carboxylic acids is 1. The lowest BCUT2D eigenvalue weighted by molar-refractivity contribution is 0.111. The molecule has 5 heteroatoms. The summed E-state index contributed by atoms with van der Waals surface area (Å²) < 4.78 is 13.3. The van der Waals surface area contributed by atoms with E-state index in [0.29, 0.717) is 16.3 Å². The molecule has 0 amide bonds. The smallest absolute Gasteiger partial charge is 0.192 e. The highest BCUT2D eigenvalue weighted by Crippen LogP contribution is 2.27. The zero-order chi connectivity index (χ0) is 11.4. The molecular formula is C11H7FN2OS. The number of hydrogen-bond acceptors (Lipinski definition) is 4. The Hall–Kier alpha value is -1.75. The average molecular weight is 234 g/mol. The summed E-state index contributed by atoms with van der Waals surface area (Å²) in [7, 11) is 0. The van der Waals surface area contributed by atoms with Crippen molar-refractivity contribution in [3.63, 3.8) is 0 Å². The van der Waals surface area contributed by atoms with Crippen LogP contribution >= 0.6 is 11.8 Å². The van der Waals surface area contributed by atoms with Crippen molar-refractivity contribution in [3.8, 4) is 0 Å². The predicted molar refractivity (Wildman–Crippen MR) is 57.9 cm³/mol. The van der Waals surface area contributed by atoms with Gasteiger partial charge in [0.05, 0.1) is 5.56 Å². The van der Waals surface area contributed by atoms with Gasteiger partial charge in [0.2, 0.25) is 0 Å². The van der Waals surface area contributed by atoms with Crippen LogP contribution in [0.15, 0.2) is 46.7 Å². The minimum Gasteiger partial charge on any atom is -0.298 e. The molecule has 0 unspecified atom stereocenters. The Morgan fingerprint density at radius 2 is 1.94 bits per heavy atom. The molecule has 0 saturated carbocycles. The van der Waals surface area contributed by atoms with Crippen LogP contribution in [0.1, 0.15) is 10.4 Å². The van der Waals surface area contributed by atoms with Crippen molar-refractivity contribution in [2.24, 2.45) is 0 Å². The van der Waals surface area contributed by atoms with Gasteiger partial charge in [-0.25, -0.2) is 14.4 Å². The van der Waals surface area contributed by atoms with Crippen molar-refractivity contribution in [2.45, 2.75) is 10.1 Å². The van der Waals surface area contributed by atoms with E-state index in [0.717, 1.165) is 11.8 Å². The van der Waals surface area contributed by atoms with Gasteiger partial charge in [-0.3, -0.25) is 4.79 Å². The number of aromatic nitrogens is 2. The summed E-state index contributed by atoms with van der Waals surface area (Å²) in [4.78, 5) is 19.2. The Morgan fingerprint density at radius 1 is 1.19 bits per heavy atom. The fourth-order valence-electron chi connectivity index (χ4n) is 1.16. The van der Waals surface area contributed by atoms with Gasteiger partial charge in [0.1, 0.15) is 5.82 Å². The molecule has 1 aromatic carbocycles. The summed E-state index contributed by atoms with van der Waals surface area (Å²) in [5.41, 5.74) is 0.0416. The van der Waals surface area contributed by atoms with Crippen LogP contribution in [0.3, 0.4) is 0 Å². The highest BCUT2D eigenvalue weighted by molar-refractivity contribution is 7.99. The normalized spacial score (nSPS) is 10.1. The Morgan fingerprint density at radius 3 is 2.62 bits per heavy atom. The summed E-state index contributed by atoms with van der Waals surface area (Å²) in [6, 6.07) is 6.15. The molecule has 0 spiro atoms. The average Bonchev–Trinajstić information content (AvgIpc) is 2.31. The Balaban J connectivity index is 2.35. The molecule has 0 aliphatic rings. The Bertz CT molecular complexity index is 505. The third-order valence-corrected chi connectivity index (χ3v) is 2.84. The van der Waals surface area contributed by atoms with Crippen LogP contribution in [0.25, 0.3) is 0 Å². The molecule has 0 saturated heterocycles. The second kappa shape index (κ2) is 4.85. The van der Waals surface area contributed by atoms with Gasteiger partial charge in [-0.1, -0.05) is 6.07 Å². The number of hydrogen-bond donors (Lipinski definition) is 0. The van der Waals surface area contributed by atoms with Gasteiger partial charge < -0.3 is 0 Å². The molecule has 16 heavy (non-hydrogen) atoms. The number of rotatable bonds is 3. The van der Waals surface area contributed by atoms with Crippen LogP contribution in [0.5, 0.6) is 0 Å². The highest BCUT2D eigenvalue weighted by atomic mass is 32.2. The monoisotopic (exact) mass is 234 g/mol. The molecule has 0 bridgehead atoms. The standard InChI is InChI=1S/C11H7FN2OS/c12-9-3-1-4-10(8(9)7-15)16-11-13-5-2-6-14-11/h1-7H. The fraction of sp³-hybridized carbons (Fsp3) is 0. The van der Waals surface area contributed by atoms with Gasteiger partial charge >= 0.3 is 0 Å². The predicted octanol–water partition coefficient (Wildman–Crippen LogP) is 2.58. The van der Waals surface area contributed by atoms with Gasteiger partial charge in [0.25, 0.3) is 0 Å².